The van der Waals surface area contributed by atoms with Gasteiger partial charge in [0.05, 0.1) is 0 Å². The van der Waals surface area contributed by atoms with Crippen molar-refractivity contribution in [3.05, 3.63) is 53.6 Å². The van der Waals surface area contributed by atoms with Crippen molar-refractivity contribution in [2.24, 2.45) is 35.5 Å². The number of phenols is 1. The Morgan fingerprint density at radius 3 is 1.48 bits per heavy atom. The molecule has 0 saturated heterocycles. The number of aromatic hydroxyl groups is 1. The van der Waals surface area contributed by atoms with Gasteiger partial charge in [0.2, 0.25) is 0 Å². The van der Waals surface area contributed by atoms with Gasteiger partial charge in [0, 0.05) is 5.56 Å². The van der Waals surface area contributed by atoms with E-state index in [1.165, 1.54) is 88.2 Å². The third kappa shape index (κ3) is 2.90. The first-order valence-corrected chi connectivity index (χ1v) is 14.0. The summed E-state index contributed by atoms with van der Waals surface area (Å²) in [6.45, 7) is 0. The molecule has 0 spiro atoms. The highest BCUT2D eigenvalue weighted by Crippen LogP contribution is 2.62. The minimum atomic E-state index is 0.384. The monoisotopic (exact) mass is 438 g/mol. The highest BCUT2D eigenvalue weighted by molar-refractivity contribution is 5.72. The van der Waals surface area contributed by atoms with E-state index in [1.807, 2.05) is 6.07 Å². The molecule has 0 unspecified atom stereocenters. The lowest BCUT2D eigenvalue weighted by Gasteiger charge is -2.57. The van der Waals surface area contributed by atoms with Crippen LogP contribution in [0.3, 0.4) is 0 Å². The molecule has 1 N–H and O–H groups in total. The largest absolute Gasteiger partial charge is 0.507 e. The molecule has 0 amide bonds. The maximum Gasteiger partial charge on any atom is 0.123 e. The average molecular weight is 439 g/mol. The number of rotatable bonds is 3. The van der Waals surface area contributed by atoms with Gasteiger partial charge in [0.1, 0.15) is 5.75 Å². The fraction of sp³-hybridized carbons (Fsp3) is 0.625. The van der Waals surface area contributed by atoms with E-state index in [9.17, 15) is 5.11 Å². The predicted octanol–water partition coefficient (Wildman–Crippen LogP) is 7.99. The van der Waals surface area contributed by atoms with Crippen molar-refractivity contribution in [2.45, 2.75) is 87.9 Å². The lowest BCUT2D eigenvalue weighted by molar-refractivity contribution is -0.00536. The van der Waals surface area contributed by atoms with Crippen LogP contribution in [0.1, 0.15) is 88.2 Å². The molecule has 8 saturated carbocycles. The van der Waals surface area contributed by atoms with E-state index in [0.717, 1.165) is 41.1 Å². The summed E-state index contributed by atoms with van der Waals surface area (Å²) in [5, 5.41) is 11.0. The second kappa shape index (κ2) is 6.67. The van der Waals surface area contributed by atoms with Crippen molar-refractivity contribution in [3.8, 4) is 16.9 Å². The van der Waals surface area contributed by atoms with Crippen LogP contribution in [-0.2, 0) is 10.8 Å². The third-order valence-electron chi connectivity index (χ3n) is 11.5. The Hall–Kier alpha value is -1.76. The molecule has 8 fully saturated rings. The van der Waals surface area contributed by atoms with Crippen LogP contribution >= 0.6 is 0 Å². The molecule has 2 aromatic carbocycles. The molecule has 10 rings (SSSR count). The summed E-state index contributed by atoms with van der Waals surface area (Å²) < 4.78 is 0. The Bertz CT molecular complexity index is 1040. The smallest absolute Gasteiger partial charge is 0.123 e. The van der Waals surface area contributed by atoms with Gasteiger partial charge in [-0.1, -0.05) is 30.3 Å². The minimum Gasteiger partial charge on any atom is -0.507 e. The predicted molar refractivity (Wildman–Crippen MR) is 133 cm³/mol. The van der Waals surface area contributed by atoms with Crippen LogP contribution in [-0.4, -0.2) is 5.11 Å². The molecule has 0 atom stereocenters. The van der Waals surface area contributed by atoms with Gasteiger partial charge < -0.3 is 5.11 Å². The van der Waals surface area contributed by atoms with E-state index in [1.54, 1.807) is 5.56 Å². The summed E-state index contributed by atoms with van der Waals surface area (Å²) in [5.74, 6) is 6.22. The first kappa shape index (κ1) is 19.5. The number of phenolic OH excluding ortho intramolecular Hbond substituents is 1. The third-order valence-corrected chi connectivity index (χ3v) is 11.5. The molecule has 8 bridgehead atoms. The number of benzene rings is 2. The molecule has 0 aliphatic heterocycles. The van der Waals surface area contributed by atoms with Crippen LogP contribution in [0.2, 0.25) is 0 Å². The molecule has 1 heteroatoms. The van der Waals surface area contributed by atoms with Gasteiger partial charge >= 0.3 is 0 Å². The van der Waals surface area contributed by atoms with Crippen LogP contribution in [0, 0.1) is 35.5 Å². The van der Waals surface area contributed by atoms with Crippen molar-refractivity contribution in [3.63, 3.8) is 0 Å². The summed E-state index contributed by atoms with van der Waals surface area (Å²) in [6, 6.07) is 16.1. The highest BCUT2D eigenvalue weighted by atomic mass is 16.3. The number of hydrogen-bond acceptors (Lipinski definition) is 1. The summed E-state index contributed by atoms with van der Waals surface area (Å²) >= 11 is 0. The van der Waals surface area contributed by atoms with Gasteiger partial charge in [-0.3, -0.25) is 0 Å². The summed E-state index contributed by atoms with van der Waals surface area (Å²) in [6.07, 6.45) is 17.3. The fourth-order valence-corrected chi connectivity index (χ4v) is 11.0. The Kier molecular flexibility index (Phi) is 3.95. The van der Waals surface area contributed by atoms with E-state index in [0.29, 0.717) is 16.6 Å². The summed E-state index contributed by atoms with van der Waals surface area (Å²) in [4.78, 5) is 0. The van der Waals surface area contributed by atoms with Crippen molar-refractivity contribution >= 4 is 0 Å². The maximum absolute atomic E-state index is 11.0. The van der Waals surface area contributed by atoms with Gasteiger partial charge in [0.25, 0.3) is 0 Å². The molecular weight excluding hydrogens is 400 g/mol. The van der Waals surface area contributed by atoms with Gasteiger partial charge in [-0.25, -0.2) is 0 Å². The normalized spacial score (nSPS) is 44.5. The SMILES string of the molecule is Oc1ccc(C23CC4CC(CC(C4)C2)C3)cc1-c1cccc(C23CC4CC(CC(C4)C2)C3)c1. The Labute approximate surface area is 199 Å². The maximum atomic E-state index is 11.0. The van der Waals surface area contributed by atoms with Crippen LogP contribution < -0.4 is 0 Å². The topological polar surface area (TPSA) is 20.2 Å². The van der Waals surface area contributed by atoms with E-state index in [2.05, 4.69) is 36.4 Å². The molecular formula is C32H38O. The van der Waals surface area contributed by atoms with Crippen molar-refractivity contribution in [1.29, 1.82) is 0 Å². The van der Waals surface area contributed by atoms with Gasteiger partial charge in [-0.2, -0.15) is 0 Å². The second-order valence-corrected chi connectivity index (χ2v) is 13.7. The average Bonchev–Trinajstić information content (AvgIpc) is 2.78. The molecule has 8 aliphatic carbocycles. The van der Waals surface area contributed by atoms with Gasteiger partial charge in [-0.05, 0) is 152 Å². The van der Waals surface area contributed by atoms with Crippen molar-refractivity contribution in [2.75, 3.05) is 0 Å². The Morgan fingerprint density at radius 2 is 1.00 bits per heavy atom. The van der Waals surface area contributed by atoms with E-state index >= 15 is 0 Å². The van der Waals surface area contributed by atoms with Crippen LogP contribution in [0.4, 0.5) is 0 Å². The lowest BCUT2D eigenvalue weighted by atomic mass is 9.48. The highest BCUT2D eigenvalue weighted by Gasteiger charge is 2.53. The van der Waals surface area contributed by atoms with E-state index in [-0.39, 0.29) is 0 Å². The Morgan fingerprint density at radius 1 is 0.545 bits per heavy atom. The molecule has 0 radical (unpaired) electrons. The van der Waals surface area contributed by atoms with Crippen molar-refractivity contribution in [1.82, 2.24) is 0 Å². The van der Waals surface area contributed by atoms with Crippen LogP contribution in [0.25, 0.3) is 11.1 Å². The molecule has 0 heterocycles. The van der Waals surface area contributed by atoms with Crippen LogP contribution in [0.15, 0.2) is 42.5 Å². The minimum absolute atomic E-state index is 0.384. The molecule has 1 nitrogen and oxygen atoms in total. The van der Waals surface area contributed by atoms with E-state index in [4.69, 9.17) is 0 Å². The first-order chi connectivity index (χ1) is 16.1. The zero-order valence-electron chi connectivity index (χ0n) is 19.9. The van der Waals surface area contributed by atoms with E-state index < -0.39 is 0 Å². The molecule has 172 valence electrons. The molecule has 8 aliphatic rings. The standard InChI is InChI=1S/C32H38O/c33-30-5-4-28(32-17-23-9-24(18-32)11-25(10-23)19-32)13-29(30)26-2-1-3-27(12-26)31-14-20-6-21(15-31)8-22(7-20)16-31/h1-5,12-13,20-25,33H,6-11,14-19H2. The fourth-order valence-electron chi connectivity index (χ4n) is 11.0. The zero-order valence-corrected chi connectivity index (χ0v) is 19.9. The first-order valence-electron chi connectivity index (χ1n) is 14.0. The summed E-state index contributed by atoms with van der Waals surface area (Å²) in [7, 11) is 0. The molecule has 0 aromatic heterocycles. The number of hydrogen-bond donors (Lipinski definition) is 1. The van der Waals surface area contributed by atoms with Crippen LogP contribution in [0.5, 0.6) is 5.75 Å². The second-order valence-electron chi connectivity index (χ2n) is 13.7. The zero-order chi connectivity index (χ0) is 21.8. The van der Waals surface area contributed by atoms with Gasteiger partial charge in [-0.15, -0.1) is 0 Å². The lowest BCUT2D eigenvalue weighted by Crippen LogP contribution is -2.48. The quantitative estimate of drug-likeness (QED) is 0.515. The summed E-state index contributed by atoms with van der Waals surface area (Å²) in [5.41, 5.74) is 6.21. The molecule has 2 aromatic rings. The Balaban J connectivity index is 1.18. The molecule has 33 heavy (non-hydrogen) atoms. The van der Waals surface area contributed by atoms with Crippen molar-refractivity contribution < 1.29 is 5.11 Å². The van der Waals surface area contributed by atoms with Gasteiger partial charge in [0.15, 0.2) is 0 Å².